The molecule has 2 aromatic heterocycles. The van der Waals surface area contributed by atoms with Crippen molar-refractivity contribution in [3.8, 4) is 0 Å². The standard InChI is InChI=1S/C38H23NO2/c1-2-10-26(11-3-1)39(27-19-20-29-25(23-27)18-17-24-9-4-5-12-28(24)29)32-14-8-16-34-36(32)37-35(40-34)22-21-31-30-13-6-7-15-33(30)41-38(31)37/h1-23H. The second-order valence-corrected chi connectivity index (χ2v) is 10.5. The summed E-state index contributed by atoms with van der Waals surface area (Å²) < 4.78 is 12.9. The maximum Gasteiger partial charge on any atom is 0.147 e. The van der Waals surface area contributed by atoms with Crippen LogP contribution in [-0.4, -0.2) is 0 Å². The molecule has 0 saturated carbocycles. The zero-order valence-corrected chi connectivity index (χ0v) is 22.0. The molecule has 3 nitrogen and oxygen atoms in total. The van der Waals surface area contributed by atoms with Gasteiger partial charge in [-0.25, -0.2) is 0 Å². The van der Waals surface area contributed by atoms with Crippen molar-refractivity contribution in [2.75, 3.05) is 4.90 Å². The summed E-state index contributed by atoms with van der Waals surface area (Å²) in [6.07, 6.45) is 0. The van der Waals surface area contributed by atoms with Gasteiger partial charge in [0.1, 0.15) is 22.3 Å². The Labute approximate surface area is 235 Å². The molecular weight excluding hydrogens is 502 g/mol. The maximum absolute atomic E-state index is 6.50. The third-order valence-corrected chi connectivity index (χ3v) is 8.22. The van der Waals surface area contributed by atoms with E-state index in [4.69, 9.17) is 8.83 Å². The molecule has 41 heavy (non-hydrogen) atoms. The van der Waals surface area contributed by atoms with Crippen LogP contribution in [0.15, 0.2) is 148 Å². The lowest BCUT2D eigenvalue weighted by molar-refractivity contribution is 0.663. The maximum atomic E-state index is 6.50. The van der Waals surface area contributed by atoms with Gasteiger partial charge in [-0.3, -0.25) is 0 Å². The number of para-hydroxylation sites is 2. The summed E-state index contributed by atoms with van der Waals surface area (Å²) in [6, 6.07) is 49.0. The number of hydrogen-bond acceptors (Lipinski definition) is 3. The van der Waals surface area contributed by atoms with Crippen LogP contribution in [0.25, 0.3) is 65.4 Å². The third-order valence-electron chi connectivity index (χ3n) is 8.22. The van der Waals surface area contributed by atoms with Gasteiger partial charge < -0.3 is 13.7 Å². The Morgan fingerprint density at radius 2 is 1.10 bits per heavy atom. The Hall–Kier alpha value is -5.54. The van der Waals surface area contributed by atoms with E-state index < -0.39 is 0 Å². The van der Waals surface area contributed by atoms with Crippen molar-refractivity contribution in [1.29, 1.82) is 0 Å². The molecule has 0 bridgehead atoms. The average molecular weight is 526 g/mol. The minimum atomic E-state index is 0.817. The molecule has 0 radical (unpaired) electrons. The summed E-state index contributed by atoms with van der Waals surface area (Å²) in [6.45, 7) is 0. The molecule has 0 spiro atoms. The highest BCUT2D eigenvalue weighted by atomic mass is 16.3. The molecule has 0 saturated heterocycles. The Kier molecular flexibility index (Phi) is 4.61. The first-order valence-corrected chi connectivity index (χ1v) is 13.9. The highest BCUT2D eigenvalue weighted by Crippen LogP contribution is 2.46. The molecule has 7 aromatic carbocycles. The molecule has 9 aromatic rings. The Balaban J connectivity index is 1.37. The van der Waals surface area contributed by atoms with E-state index in [1.807, 2.05) is 18.2 Å². The van der Waals surface area contributed by atoms with Crippen LogP contribution in [0.3, 0.4) is 0 Å². The number of rotatable bonds is 3. The third kappa shape index (κ3) is 3.26. The lowest BCUT2D eigenvalue weighted by Gasteiger charge is -2.26. The van der Waals surface area contributed by atoms with Crippen molar-refractivity contribution in [2.24, 2.45) is 0 Å². The number of nitrogens with zero attached hydrogens (tertiary/aromatic N) is 1. The monoisotopic (exact) mass is 525 g/mol. The zero-order valence-electron chi connectivity index (χ0n) is 22.0. The fourth-order valence-corrected chi connectivity index (χ4v) is 6.40. The van der Waals surface area contributed by atoms with Crippen LogP contribution < -0.4 is 4.90 Å². The average Bonchev–Trinajstić information content (AvgIpc) is 3.60. The molecule has 2 heterocycles. The number of hydrogen-bond donors (Lipinski definition) is 0. The van der Waals surface area contributed by atoms with Crippen LogP contribution >= 0.6 is 0 Å². The highest BCUT2D eigenvalue weighted by Gasteiger charge is 2.22. The summed E-state index contributed by atoms with van der Waals surface area (Å²) in [4.78, 5) is 2.33. The molecule has 192 valence electrons. The SMILES string of the molecule is c1ccc(N(c2ccc3c(ccc4ccccc43)c2)c2cccc3oc4ccc5c6ccccc6oc5c4c23)cc1. The Morgan fingerprint density at radius 1 is 0.390 bits per heavy atom. The largest absolute Gasteiger partial charge is 0.456 e. The predicted octanol–water partition coefficient (Wildman–Crippen LogP) is 11.3. The van der Waals surface area contributed by atoms with Crippen molar-refractivity contribution in [3.05, 3.63) is 140 Å². The minimum Gasteiger partial charge on any atom is -0.456 e. The summed E-state index contributed by atoms with van der Waals surface area (Å²) in [5, 5.41) is 9.19. The Bertz CT molecular complexity index is 2430. The van der Waals surface area contributed by atoms with Crippen molar-refractivity contribution >= 4 is 82.5 Å². The van der Waals surface area contributed by atoms with E-state index in [9.17, 15) is 0 Å². The highest BCUT2D eigenvalue weighted by molar-refractivity contribution is 6.25. The number of furan rings is 2. The summed E-state index contributed by atoms with van der Waals surface area (Å²) in [5.41, 5.74) is 6.58. The fourth-order valence-electron chi connectivity index (χ4n) is 6.40. The molecule has 0 aliphatic heterocycles. The molecule has 0 N–H and O–H groups in total. The fraction of sp³-hybridized carbons (Fsp3) is 0. The van der Waals surface area contributed by atoms with Gasteiger partial charge in [-0.1, -0.05) is 84.9 Å². The smallest absolute Gasteiger partial charge is 0.147 e. The number of fused-ring (bicyclic) bond motifs is 10. The molecule has 3 heteroatoms. The lowest BCUT2D eigenvalue weighted by atomic mass is 10.0. The Morgan fingerprint density at radius 3 is 2.02 bits per heavy atom. The normalized spacial score (nSPS) is 11.9. The lowest BCUT2D eigenvalue weighted by Crippen LogP contribution is -2.10. The summed E-state index contributed by atoms with van der Waals surface area (Å²) >= 11 is 0. The first-order valence-electron chi connectivity index (χ1n) is 13.9. The van der Waals surface area contributed by atoms with Gasteiger partial charge in [0.15, 0.2) is 0 Å². The van der Waals surface area contributed by atoms with Gasteiger partial charge in [0.05, 0.1) is 16.5 Å². The van der Waals surface area contributed by atoms with Gasteiger partial charge >= 0.3 is 0 Å². The van der Waals surface area contributed by atoms with E-state index in [1.165, 1.54) is 21.5 Å². The van der Waals surface area contributed by atoms with Crippen LogP contribution in [-0.2, 0) is 0 Å². The van der Waals surface area contributed by atoms with Crippen molar-refractivity contribution in [1.82, 2.24) is 0 Å². The first-order chi connectivity index (χ1) is 20.3. The van der Waals surface area contributed by atoms with E-state index in [2.05, 4.69) is 126 Å². The van der Waals surface area contributed by atoms with Crippen molar-refractivity contribution in [3.63, 3.8) is 0 Å². The van der Waals surface area contributed by atoms with Crippen LogP contribution in [0.1, 0.15) is 0 Å². The first kappa shape index (κ1) is 22.3. The van der Waals surface area contributed by atoms with E-state index in [1.54, 1.807) is 0 Å². The van der Waals surface area contributed by atoms with E-state index >= 15 is 0 Å². The number of anilines is 3. The molecule has 9 rings (SSSR count). The molecule has 0 atom stereocenters. The quantitative estimate of drug-likeness (QED) is 0.215. The van der Waals surface area contributed by atoms with Gasteiger partial charge in [-0.15, -0.1) is 0 Å². The van der Waals surface area contributed by atoms with Crippen molar-refractivity contribution < 1.29 is 8.83 Å². The second kappa shape index (κ2) is 8.48. The van der Waals surface area contributed by atoms with Crippen LogP contribution in [0, 0.1) is 0 Å². The molecule has 0 fully saturated rings. The van der Waals surface area contributed by atoms with Gasteiger partial charge in [0, 0.05) is 22.1 Å². The zero-order chi connectivity index (χ0) is 26.9. The van der Waals surface area contributed by atoms with Crippen LogP contribution in [0.5, 0.6) is 0 Å². The minimum absolute atomic E-state index is 0.817. The van der Waals surface area contributed by atoms with E-state index in [-0.39, 0.29) is 0 Å². The van der Waals surface area contributed by atoms with E-state index in [0.29, 0.717) is 0 Å². The van der Waals surface area contributed by atoms with E-state index in [0.717, 1.165) is 60.9 Å². The van der Waals surface area contributed by atoms with Crippen LogP contribution in [0.2, 0.25) is 0 Å². The topological polar surface area (TPSA) is 29.5 Å². The van der Waals surface area contributed by atoms with Gasteiger partial charge in [0.2, 0.25) is 0 Å². The molecular formula is C38H23NO2. The van der Waals surface area contributed by atoms with Crippen molar-refractivity contribution in [2.45, 2.75) is 0 Å². The molecule has 0 amide bonds. The predicted molar refractivity (Wildman–Crippen MR) is 171 cm³/mol. The van der Waals surface area contributed by atoms with Gasteiger partial charge in [0.25, 0.3) is 0 Å². The number of benzene rings is 7. The van der Waals surface area contributed by atoms with Crippen LogP contribution in [0.4, 0.5) is 17.1 Å². The van der Waals surface area contributed by atoms with Gasteiger partial charge in [-0.05, 0) is 76.1 Å². The molecule has 0 aliphatic carbocycles. The summed E-state index contributed by atoms with van der Waals surface area (Å²) in [5.74, 6) is 0. The second-order valence-electron chi connectivity index (χ2n) is 10.5. The molecule has 0 aliphatic rings. The summed E-state index contributed by atoms with van der Waals surface area (Å²) in [7, 11) is 0. The molecule has 0 unspecified atom stereocenters. The van der Waals surface area contributed by atoms with Gasteiger partial charge in [-0.2, -0.15) is 0 Å².